The molecule has 0 unspecified atom stereocenters. The molecule has 0 radical (unpaired) electrons. The van der Waals surface area contributed by atoms with Gasteiger partial charge in [0.2, 0.25) is 0 Å². The lowest BCUT2D eigenvalue weighted by Gasteiger charge is -2.19. The number of rotatable bonds is 6. The van der Waals surface area contributed by atoms with E-state index >= 15 is 0 Å². The number of fused-ring (bicyclic) bond motifs is 1. The van der Waals surface area contributed by atoms with E-state index in [0.717, 1.165) is 10.6 Å². The van der Waals surface area contributed by atoms with Gasteiger partial charge in [-0.05, 0) is 18.4 Å². The summed E-state index contributed by atoms with van der Waals surface area (Å²) in [6.07, 6.45) is 3.95. The largest absolute Gasteiger partial charge is 0.492 e. The molecule has 0 bridgehead atoms. The van der Waals surface area contributed by atoms with Crippen molar-refractivity contribution >= 4 is 23.2 Å². The van der Waals surface area contributed by atoms with Crippen molar-refractivity contribution in [3.05, 3.63) is 73.8 Å². The summed E-state index contributed by atoms with van der Waals surface area (Å²) in [6, 6.07) is 5.29. The fourth-order valence-electron chi connectivity index (χ4n) is 3.77. The number of hydrogen-bond acceptors (Lipinski definition) is 8. The number of carbonyl (C=O) groups is 2. The molecule has 1 amide bonds. The summed E-state index contributed by atoms with van der Waals surface area (Å²) in [6.45, 7) is 2.99. The van der Waals surface area contributed by atoms with Crippen molar-refractivity contribution in [2.45, 2.75) is 26.3 Å². The van der Waals surface area contributed by atoms with Crippen molar-refractivity contribution in [1.82, 2.24) is 19.4 Å². The van der Waals surface area contributed by atoms with E-state index in [2.05, 4.69) is 9.97 Å². The van der Waals surface area contributed by atoms with E-state index in [-0.39, 0.29) is 35.0 Å². The Kier molecular flexibility index (Phi) is 6.83. The molecule has 0 saturated carbocycles. The van der Waals surface area contributed by atoms with E-state index < -0.39 is 5.97 Å². The molecular formula is C23H24N4O5S. The number of amides is 1. The first-order valence-electron chi connectivity index (χ1n) is 10.6. The van der Waals surface area contributed by atoms with Gasteiger partial charge in [-0.2, -0.15) is 0 Å². The van der Waals surface area contributed by atoms with E-state index in [9.17, 15) is 14.4 Å². The molecular weight excluding hydrogens is 444 g/mol. The Morgan fingerprint density at radius 3 is 2.73 bits per heavy atom. The number of carbonyl (C=O) groups excluding carboxylic acids is 2. The zero-order valence-electron chi connectivity index (χ0n) is 18.4. The third-order valence-corrected chi connectivity index (χ3v) is 6.39. The Morgan fingerprint density at radius 2 is 2.03 bits per heavy atom. The Hall–Kier alpha value is -3.53. The average molecular weight is 469 g/mol. The maximum atomic E-state index is 12.9. The number of aryl methyl sites for hydroxylation is 1. The van der Waals surface area contributed by atoms with Crippen molar-refractivity contribution in [2.24, 2.45) is 0 Å². The molecule has 33 heavy (non-hydrogen) atoms. The Labute approximate surface area is 194 Å². The van der Waals surface area contributed by atoms with Crippen LogP contribution in [0.15, 0.2) is 40.8 Å². The molecule has 0 atom stereocenters. The van der Waals surface area contributed by atoms with Crippen LogP contribution in [0.5, 0.6) is 5.75 Å². The number of nitrogens with zero attached hydrogens (tertiary/aromatic N) is 4. The third kappa shape index (κ3) is 4.95. The average Bonchev–Trinajstić information content (AvgIpc) is 3.23. The summed E-state index contributed by atoms with van der Waals surface area (Å²) in [7, 11) is 1.29. The minimum Gasteiger partial charge on any atom is -0.492 e. The molecule has 0 N–H and O–H groups in total. The summed E-state index contributed by atoms with van der Waals surface area (Å²) < 4.78 is 12.4. The number of hydrogen-bond donors (Lipinski definition) is 0. The molecule has 9 nitrogen and oxygen atoms in total. The fourth-order valence-corrected chi connectivity index (χ4v) is 4.46. The van der Waals surface area contributed by atoms with Gasteiger partial charge in [0.1, 0.15) is 17.0 Å². The van der Waals surface area contributed by atoms with Gasteiger partial charge in [0.05, 0.1) is 25.6 Å². The zero-order chi connectivity index (χ0) is 23.4. The summed E-state index contributed by atoms with van der Waals surface area (Å²) in [5, 5.41) is 1.99. The second-order valence-corrected chi connectivity index (χ2v) is 8.61. The molecule has 0 aromatic carbocycles. The van der Waals surface area contributed by atoms with Crippen molar-refractivity contribution in [3.63, 3.8) is 0 Å². The SMILES string of the molecule is COC(=O)c1c(OCCc2cccs2)cc(=O)n2c1CCN(C(=O)c1cnc(C)cn1)CC2. The number of ether oxygens (including phenoxy) is 2. The van der Waals surface area contributed by atoms with Crippen LogP contribution in [0, 0.1) is 6.92 Å². The summed E-state index contributed by atoms with van der Waals surface area (Å²) in [5.74, 6) is -0.636. The third-order valence-electron chi connectivity index (χ3n) is 5.46. The molecule has 3 aromatic rings. The molecule has 0 spiro atoms. The molecule has 4 heterocycles. The van der Waals surface area contributed by atoms with Crippen molar-refractivity contribution in [1.29, 1.82) is 0 Å². The fraction of sp³-hybridized carbons (Fsp3) is 0.348. The summed E-state index contributed by atoms with van der Waals surface area (Å²) in [5.41, 5.74) is 1.41. The first-order valence-corrected chi connectivity index (χ1v) is 11.4. The maximum Gasteiger partial charge on any atom is 0.343 e. The van der Waals surface area contributed by atoms with E-state index in [1.54, 1.807) is 29.4 Å². The molecule has 172 valence electrons. The molecule has 10 heteroatoms. The minimum absolute atomic E-state index is 0.207. The molecule has 1 aliphatic heterocycles. The van der Waals surface area contributed by atoms with Crippen LogP contribution in [-0.2, 0) is 24.1 Å². The van der Waals surface area contributed by atoms with Crippen molar-refractivity contribution < 1.29 is 19.1 Å². The van der Waals surface area contributed by atoms with Crippen molar-refractivity contribution in [2.75, 3.05) is 26.8 Å². The van der Waals surface area contributed by atoms with Gasteiger partial charge in [-0.25, -0.2) is 9.78 Å². The smallest absolute Gasteiger partial charge is 0.343 e. The highest BCUT2D eigenvalue weighted by Gasteiger charge is 2.28. The quantitative estimate of drug-likeness (QED) is 0.511. The predicted molar refractivity (Wildman–Crippen MR) is 122 cm³/mol. The van der Waals surface area contributed by atoms with Crippen LogP contribution in [0.25, 0.3) is 0 Å². The van der Waals surface area contributed by atoms with Crippen LogP contribution < -0.4 is 10.3 Å². The van der Waals surface area contributed by atoms with Crippen LogP contribution in [0.3, 0.4) is 0 Å². The lowest BCUT2D eigenvalue weighted by atomic mass is 10.1. The van der Waals surface area contributed by atoms with Gasteiger partial charge >= 0.3 is 5.97 Å². The van der Waals surface area contributed by atoms with Gasteiger partial charge in [-0.1, -0.05) is 6.07 Å². The minimum atomic E-state index is -0.575. The van der Waals surface area contributed by atoms with Crippen molar-refractivity contribution in [3.8, 4) is 5.75 Å². The second kappa shape index (κ2) is 9.95. The van der Waals surface area contributed by atoms with Crippen LogP contribution in [-0.4, -0.2) is 58.1 Å². The lowest BCUT2D eigenvalue weighted by molar-refractivity contribution is 0.0593. The Bertz CT molecular complexity index is 1200. The lowest BCUT2D eigenvalue weighted by Crippen LogP contribution is -2.34. The Balaban J connectivity index is 1.59. The highest BCUT2D eigenvalue weighted by Crippen LogP contribution is 2.25. The number of esters is 1. The van der Waals surface area contributed by atoms with E-state index in [1.165, 1.54) is 23.9 Å². The van der Waals surface area contributed by atoms with Crippen LogP contribution in [0.2, 0.25) is 0 Å². The highest BCUT2D eigenvalue weighted by atomic mass is 32.1. The van der Waals surface area contributed by atoms with Gasteiger partial charge in [0.15, 0.2) is 0 Å². The summed E-state index contributed by atoms with van der Waals surface area (Å²) >= 11 is 1.62. The standard InChI is InChI=1S/C23H24N4O5S/c1-15-13-25-17(14-24-15)22(29)26-7-5-18-21(23(30)31-2)19(12-20(28)27(18)9-8-26)32-10-6-16-4-3-11-33-16/h3-4,11-14H,5-10H2,1-2H3. The maximum absolute atomic E-state index is 12.9. The predicted octanol–water partition coefficient (Wildman–Crippen LogP) is 2.11. The molecule has 3 aromatic heterocycles. The molecule has 0 fully saturated rings. The first kappa shape index (κ1) is 22.7. The normalized spacial score (nSPS) is 13.2. The Morgan fingerprint density at radius 1 is 1.18 bits per heavy atom. The zero-order valence-corrected chi connectivity index (χ0v) is 19.3. The van der Waals surface area contributed by atoms with Crippen LogP contribution in [0.4, 0.5) is 0 Å². The van der Waals surface area contributed by atoms with Gasteiger partial charge in [0.25, 0.3) is 11.5 Å². The van der Waals surface area contributed by atoms with Gasteiger partial charge in [-0.3, -0.25) is 14.6 Å². The molecule has 4 rings (SSSR count). The monoisotopic (exact) mass is 468 g/mol. The number of methoxy groups -OCH3 is 1. The van der Waals surface area contributed by atoms with E-state index in [1.807, 2.05) is 17.5 Å². The topological polar surface area (TPSA) is 104 Å². The second-order valence-electron chi connectivity index (χ2n) is 7.57. The number of thiophene rings is 1. The van der Waals surface area contributed by atoms with E-state index in [0.29, 0.717) is 38.2 Å². The number of aromatic nitrogens is 3. The highest BCUT2D eigenvalue weighted by molar-refractivity contribution is 7.09. The molecule has 0 aliphatic carbocycles. The number of pyridine rings is 1. The van der Waals surface area contributed by atoms with Crippen LogP contribution in [0.1, 0.15) is 37.1 Å². The molecule has 0 saturated heterocycles. The van der Waals surface area contributed by atoms with Gasteiger partial charge in [-0.15, -0.1) is 11.3 Å². The van der Waals surface area contributed by atoms with Crippen LogP contribution >= 0.6 is 11.3 Å². The van der Waals surface area contributed by atoms with Gasteiger partial charge < -0.3 is 18.9 Å². The first-order chi connectivity index (χ1) is 16.0. The van der Waals surface area contributed by atoms with Gasteiger partial charge in [0, 0.05) is 55.3 Å². The van der Waals surface area contributed by atoms with E-state index in [4.69, 9.17) is 9.47 Å². The molecule has 1 aliphatic rings. The summed E-state index contributed by atoms with van der Waals surface area (Å²) in [4.78, 5) is 49.5.